The fourth-order valence-corrected chi connectivity index (χ4v) is 3.40. The molecule has 3 rings (SSSR count). The van der Waals surface area contributed by atoms with Crippen LogP contribution >= 0.6 is 0 Å². The minimum atomic E-state index is 0.179. The molecule has 0 fully saturated rings. The molecule has 0 bridgehead atoms. The van der Waals surface area contributed by atoms with Crippen LogP contribution in [0.5, 0.6) is 11.5 Å². The molecule has 0 saturated heterocycles. The van der Waals surface area contributed by atoms with Gasteiger partial charge in [-0.25, -0.2) is 0 Å². The first-order chi connectivity index (χ1) is 14.5. The minimum absolute atomic E-state index is 0.179. The standard InChI is InChI=1S/C27H33NO2/c1-27(2,3)24-15-13-22(14-16-24)19-28-20-23-11-8-12-25(29-4)26(23)30-18-17-21-9-6-5-7-10-21/h5-16,28H,17-20H2,1-4H3. The molecule has 3 aromatic rings. The molecule has 3 aromatic carbocycles. The summed E-state index contributed by atoms with van der Waals surface area (Å²) in [5, 5.41) is 3.54. The molecule has 0 heterocycles. The van der Waals surface area contributed by atoms with Crippen molar-refractivity contribution in [1.29, 1.82) is 0 Å². The number of rotatable bonds is 9. The Balaban J connectivity index is 1.59. The molecule has 30 heavy (non-hydrogen) atoms. The lowest BCUT2D eigenvalue weighted by molar-refractivity contribution is 0.293. The first-order valence-electron chi connectivity index (χ1n) is 10.6. The molecule has 0 amide bonds. The molecule has 1 N–H and O–H groups in total. The summed E-state index contributed by atoms with van der Waals surface area (Å²) >= 11 is 0. The Labute approximate surface area is 181 Å². The lowest BCUT2D eigenvalue weighted by atomic mass is 9.87. The highest BCUT2D eigenvalue weighted by atomic mass is 16.5. The fourth-order valence-electron chi connectivity index (χ4n) is 3.40. The summed E-state index contributed by atoms with van der Waals surface area (Å²) in [5.74, 6) is 1.60. The molecule has 0 aromatic heterocycles. The maximum Gasteiger partial charge on any atom is 0.165 e. The monoisotopic (exact) mass is 403 g/mol. The largest absolute Gasteiger partial charge is 0.493 e. The van der Waals surface area contributed by atoms with E-state index < -0.39 is 0 Å². The smallest absolute Gasteiger partial charge is 0.165 e. The Hall–Kier alpha value is -2.78. The van der Waals surface area contributed by atoms with Gasteiger partial charge in [0.1, 0.15) is 0 Å². The van der Waals surface area contributed by atoms with Crippen LogP contribution < -0.4 is 14.8 Å². The van der Waals surface area contributed by atoms with Gasteiger partial charge in [-0.2, -0.15) is 0 Å². The molecule has 3 nitrogen and oxygen atoms in total. The summed E-state index contributed by atoms with van der Waals surface area (Å²) in [6, 6.07) is 25.3. The molecule has 0 aliphatic carbocycles. The zero-order valence-corrected chi connectivity index (χ0v) is 18.6. The third-order valence-electron chi connectivity index (χ3n) is 5.22. The predicted octanol–water partition coefficient (Wildman–Crippen LogP) is 5.90. The third kappa shape index (κ3) is 6.11. The summed E-state index contributed by atoms with van der Waals surface area (Å²) in [6.45, 7) is 8.86. The number of hydrogen-bond donors (Lipinski definition) is 1. The number of methoxy groups -OCH3 is 1. The molecule has 0 unspecified atom stereocenters. The summed E-state index contributed by atoms with van der Waals surface area (Å²) in [7, 11) is 1.69. The molecule has 0 spiro atoms. The van der Waals surface area contributed by atoms with E-state index in [0.29, 0.717) is 6.61 Å². The Morgan fingerprint density at radius 2 is 1.50 bits per heavy atom. The van der Waals surface area contributed by atoms with E-state index in [1.54, 1.807) is 7.11 Å². The average Bonchev–Trinajstić information content (AvgIpc) is 2.75. The van der Waals surface area contributed by atoms with E-state index in [0.717, 1.165) is 36.6 Å². The SMILES string of the molecule is COc1cccc(CNCc2ccc(C(C)(C)C)cc2)c1OCCc1ccccc1. The van der Waals surface area contributed by atoms with Crippen LogP contribution in [0.2, 0.25) is 0 Å². The van der Waals surface area contributed by atoms with Crippen molar-refractivity contribution < 1.29 is 9.47 Å². The van der Waals surface area contributed by atoms with Gasteiger partial charge in [0.2, 0.25) is 0 Å². The van der Waals surface area contributed by atoms with Crippen LogP contribution in [-0.4, -0.2) is 13.7 Å². The van der Waals surface area contributed by atoms with Gasteiger partial charge in [0.15, 0.2) is 11.5 Å². The quantitative estimate of drug-likeness (QED) is 0.482. The summed E-state index contributed by atoms with van der Waals surface area (Å²) in [4.78, 5) is 0. The lowest BCUT2D eigenvalue weighted by Gasteiger charge is -2.19. The van der Waals surface area contributed by atoms with E-state index in [1.165, 1.54) is 16.7 Å². The van der Waals surface area contributed by atoms with Crippen LogP contribution in [-0.2, 0) is 24.9 Å². The molecule has 0 aliphatic rings. The van der Waals surface area contributed by atoms with Crippen molar-refractivity contribution >= 4 is 0 Å². The van der Waals surface area contributed by atoms with Crippen LogP contribution in [0.3, 0.4) is 0 Å². The molecule has 158 valence electrons. The Bertz CT molecular complexity index is 912. The van der Waals surface area contributed by atoms with Gasteiger partial charge < -0.3 is 14.8 Å². The van der Waals surface area contributed by atoms with Crippen LogP contribution in [0, 0.1) is 0 Å². The molecular weight excluding hydrogens is 370 g/mol. The van der Waals surface area contributed by atoms with E-state index in [2.05, 4.69) is 80.7 Å². The highest BCUT2D eigenvalue weighted by Crippen LogP contribution is 2.31. The van der Waals surface area contributed by atoms with Gasteiger partial charge in [-0.1, -0.05) is 87.5 Å². The Morgan fingerprint density at radius 3 is 2.17 bits per heavy atom. The number of nitrogens with one attached hydrogen (secondary N) is 1. The predicted molar refractivity (Wildman–Crippen MR) is 124 cm³/mol. The van der Waals surface area contributed by atoms with E-state index in [1.807, 2.05) is 18.2 Å². The van der Waals surface area contributed by atoms with E-state index >= 15 is 0 Å². The highest BCUT2D eigenvalue weighted by Gasteiger charge is 2.13. The van der Waals surface area contributed by atoms with Crippen molar-refractivity contribution in [1.82, 2.24) is 5.32 Å². The first kappa shape index (κ1) is 21.9. The topological polar surface area (TPSA) is 30.5 Å². The summed E-state index contributed by atoms with van der Waals surface area (Å²) < 4.78 is 11.7. The van der Waals surface area contributed by atoms with Crippen LogP contribution in [0.1, 0.15) is 43.0 Å². The number of para-hydroxylation sites is 1. The van der Waals surface area contributed by atoms with Gasteiger partial charge in [0.25, 0.3) is 0 Å². The van der Waals surface area contributed by atoms with Gasteiger partial charge in [-0.05, 0) is 28.2 Å². The van der Waals surface area contributed by atoms with Crippen molar-refractivity contribution in [3.05, 3.63) is 95.1 Å². The second-order valence-electron chi connectivity index (χ2n) is 8.58. The maximum absolute atomic E-state index is 6.15. The van der Waals surface area contributed by atoms with Crippen molar-refractivity contribution in [3.8, 4) is 11.5 Å². The Morgan fingerprint density at radius 1 is 0.767 bits per heavy atom. The van der Waals surface area contributed by atoms with Crippen molar-refractivity contribution in [2.24, 2.45) is 0 Å². The van der Waals surface area contributed by atoms with Gasteiger partial charge in [-0.15, -0.1) is 0 Å². The number of ether oxygens (including phenoxy) is 2. The van der Waals surface area contributed by atoms with Crippen molar-refractivity contribution in [3.63, 3.8) is 0 Å². The van der Waals surface area contributed by atoms with E-state index in [4.69, 9.17) is 9.47 Å². The molecule has 0 atom stereocenters. The number of hydrogen-bond acceptors (Lipinski definition) is 3. The molecular formula is C27H33NO2. The molecule has 0 radical (unpaired) electrons. The van der Waals surface area contributed by atoms with Gasteiger partial charge in [0.05, 0.1) is 13.7 Å². The molecule has 0 saturated carbocycles. The molecule has 0 aliphatic heterocycles. The van der Waals surface area contributed by atoms with E-state index in [9.17, 15) is 0 Å². The zero-order chi connectivity index (χ0) is 21.4. The van der Waals surface area contributed by atoms with Crippen LogP contribution in [0.25, 0.3) is 0 Å². The van der Waals surface area contributed by atoms with Crippen molar-refractivity contribution in [2.75, 3.05) is 13.7 Å². The summed E-state index contributed by atoms with van der Waals surface area (Å²) in [6.07, 6.45) is 0.867. The van der Waals surface area contributed by atoms with E-state index in [-0.39, 0.29) is 5.41 Å². The minimum Gasteiger partial charge on any atom is -0.493 e. The fraction of sp³-hybridized carbons (Fsp3) is 0.333. The summed E-state index contributed by atoms with van der Waals surface area (Å²) in [5.41, 5.74) is 5.18. The van der Waals surface area contributed by atoms with Crippen LogP contribution in [0.4, 0.5) is 0 Å². The second-order valence-corrected chi connectivity index (χ2v) is 8.58. The maximum atomic E-state index is 6.15. The average molecular weight is 404 g/mol. The van der Waals surface area contributed by atoms with Gasteiger partial charge in [-0.3, -0.25) is 0 Å². The molecule has 3 heteroatoms. The normalized spacial score (nSPS) is 11.3. The lowest BCUT2D eigenvalue weighted by Crippen LogP contribution is -2.15. The van der Waals surface area contributed by atoms with Crippen molar-refractivity contribution in [2.45, 2.75) is 45.7 Å². The van der Waals surface area contributed by atoms with Gasteiger partial charge >= 0.3 is 0 Å². The third-order valence-corrected chi connectivity index (χ3v) is 5.22. The zero-order valence-electron chi connectivity index (χ0n) is 18.6. The number of benzene rings is 3. The van der Waals surface area contributed by atoms with Gasteiger partial charge in [0, 0.05) is 25.1 Å². The Kier molecular flexibility index (Phi) is 7.53. The van der Waals surface area contributed by atoms with Crippen LogP contribution in [0.15, 0.2) is 72.8 Å². The first-order valence-corrected chi connectivity index (χ1v) is 10.6. The second kappa shape index (κ2) is 10.3. The highest BCUT2D eigenvalue weighted by molar-refractivity contribution is 5.46.